The van der Waals surface area contributed by atoms with Gasteiger partial charge in [0.1, 0.15) is 36.5 Å². The fraction of sp³-hybridized carbons (Fsp3) is 0.400. The molecule has 0 saturated heterocycles. The number of hydrogen-bond donors (Lipinski definition) is 2. The van der Waals surface area contributed by atoms with Gasteiger partial charge < -0.3 is 38.9 Å². The second-order valence-corrected chi connectivity index (χ2v) is 16.3. The van der Waals surface area contributed by atoms with E-state index in [1.165, 1.54) is 0 Å². The van der Waals surface area contributed by atoms with Crippen molar-refractivity contribution in [1.82, 2.24) is 4.90 Å². The standard InChI is InChI=1S/C50H57ClN2O8/c1-3-29-58-50-46(53(2)49(56)57-30-26-51)33-44(52-59-34-35-14-6-4-7-15-35)42-31-38(18-10-12-27-54)41(19-11-13-28-55)47(48(42)50)43-32-40(24-25-45(43)61-50)60-39-22-20-37(21-23-39)36-16-8-5-9-17-36/h3-9,14-17,20-25,31-32,38,41,46-48,54-55H,1,10-13,18-19,26-30,33-34H2,2H3. The Hall–Kier alpha value is -5.13. The Bertz CT molecular complexity index is 2110. The molecule has 0 spiro atoms. The van der Waals surface area contributed by atoms with Gasteiger partial charge in [0.2, 0.25) is 5.79 Å². The molecule has 6 atom stereocenters. The van der Waals surface area contributed by atoms with Gasteiger partial charge in [-0.05, 0) is 90.1 Å². The molecule has 1 aliphatic heterocycles. The van der Waals surface area contributed by atoms with E-state index in [2.05, 4.69) is 43.0 Å². The largest absolute Gasteiger partial charge is 0.459 e. The summed E-state index contributed by atoms with van der Waals surface area (Å²) in [7, 11) is 1.70. The van der Waals surface area contributed by atoms with Gasteiger partial charge in [0.15, 0.2) is 0 Å². The van der Waals surface area contributed by atoms with Crippen LogP contribution in [0.15, 0.2) is 133 Å². The predicted octanol–water partition coefficient (Wildman–Crippen LogP) is 10.3. The summed E-state index contributed by atoms with van der Waals surface area (Å²) in [5.41, 5.74) is 5.80. The quantitative estimate of drug-likeness (QED) is 0.0391. The predicted molar refractivity (Wildman–Crippen MR) is 238 cm³/mol. The number of oxime groups is 1. The molecular weight excluding hydrogens is 792 g/mol. The Morgan fingerprint density at radius 3 is 2.31 bits per heavy atom. The lowest BCUT2D eigenvalue weighted by molar-refractivity contribution is -0.253. The molecule has 3 aliphatic rings. The molecule has 6 unspecified atom stereocenters. The lowest BCUT2D eigenvalue weighted by atomic mass is 9.55. The zero-order chi connectivity index (χ0) is 42.6. The van der Waals surface area contributed by atoms with Crippen molar-refractivity contribution < 1.29 is 38.8 Å². The number of alkyl halides is 1. The molecular formula is C50H57ClN2O8. The first kappa shape index (κ1) is 43.9. The van der Waals surface area contributed by atoms with Crippen LogP contribution in [-0.4, -0.2) is 78.1 Å². The molecule has 4 aromatic carbocycles. The van der Waals surface area contributed by atoms with Gasteiger partial charge >= 0.3 is 6.09 Å². The Balaban J connectivity index is 1.37. The summed E-state index contributed by atoms with van der Waals surface area (Å²) in [6, 6.07) is 33.4. The zero-order valence-corrected chi connectivity index (χ0v) is 35.6. The van der Waals surface area contributed by atoms with Crippen LogP contribution in [0.2, 0.25) is 0 Å². The van der Waals surface area contributed by atoms with Crippen LogP contribution in [0.3, 0.4) is 0 Å². The number of unbranched alkanes of at least 4 members (excludes halogenated alkanes) is 2. The Labute approximate surface area is 364 Å². The fourth-order valence-electron chi connectivity index (χ4n) is 9.39. The van der Waals surface area contributed by atoms with Crippen LogP contribution in [0.4, 0.5) is 4.79 Å². The number of hydrogen-bond acceptors (Lipinski definition) is 9. The van der Waals surface area contributed by atoms with Crippen molar-refractivity contribution in [1.29, 1.82) is 0 Å². The number of halogens is 1. The van der Waals surface area contributed by atoms with Crippen molar-refractivity contribution in [3.05, 3.63) is 139 Å². The summed E-state index contributed by atoms with van der Waals surface area (Å²) >= 11 is 5.98. The molecule has 0 radical (unpaired) electrons. The summed E-state index contributed by atoms with van der Waals surface area (Å²) in [4.78, 5) is 21.5. The number of nitrogens with zero attached hydrogens (tertiary/aromatic N) is 2. The average molecular weight is 849 g/mol. The molecule has 2 N–H and O–H groups in total. The van der Waals surface area contributed by atoms with E-state index in [1.54, 1.807) is 18.0 Å². The van der Waals surface area contributed by atoms with Gasteiger partial charge in [-0.15, -0.1) is 18.2 Å². The first-order chi connectivity index (χ1) is 29.9. The number of benzene rings is 4. The van der Waals surface area contributed by atoms with Crippen LogP contribution in [0, 0.1) is 17.8 Å². The minimum absolute atomic E-state index is 0.0419. The smallest absolute Gasteiger partial charge is 0.410 e. The summed E-state index contributed by atoms with van der Waals surface area (Å²) in [6.45, 7) is 4.66. The Morgan fingerprint density at radius 1 is 0.918 bits per heavy atom. The van der Waals surface area contributed by atoms with Crippen molar-refractivity contribution in [2.75, 3.05) is 39.4 Å². The number of amides is 1. The maximum Gasteiger partial charge on any atom is 0.410 e. The molecule has 1 heterocycles. The van der Waals surface area contributed by atoms with E-state index in [-0.39, 0.29) is 63.1 Å². The highest BCUT2D eigenvalue weighted by atomic mass is 35.5. The van der Waals surface area contributed by atoms with Crippen LogP contribution < -0.4 is 9.47 Å². The first-order valence-corrected chi connectivity index (χ1v) is 22.0. The van der Waals surface area contributed by atoms with E-state index in [9.17, 15) is 15.0 Å². The van der Waals surface area contributed by atoms with Crippen molar-refractivity contribution in [2.24, 2.45) is 22.9 Å². The van der Waals surface area contributed by atoms with Gasteiger partial charge in [-0.25, -0.2) is 4.79 Å². The van der Waals surface area contributed by atoms with Crippen LogP contribution in [0.5, 0.6) is 17.2 Å². The highest BCUT2D eigenvalue weighted by Gasteiger charge is 2.65. The second kappa shape index (κ2) is 21.1. The second-order valence-electron chi connectivity index (χ2n) is 15.9. The highest BCUT2D eigenvalue weighted by Crippen LogP contribution is 2.62. The Morgan fingerprint density at radius 2 is 1.61 bits per heavy atom. The minimum Gasteiger partial charge on any atom is -0.459 e. The average Bonchev–Trinajstić information content (AvgIpc) is 3.29. The molecule has 0 bridgehead atoms. The van der Waals surface area contributed by atoms with Crippen LogP contribution in [0.1, 0.15) is 62.0 Å². The monoisotopic (exact) mass is 848 g/mol. The molecule has 0 aromatic heterocycles. The van der Waals surface area contributed by atoms with E-state index in [0.29, 0.717) is 35.8 Å². The van der Waals surface area contributed by atoms with Gasteiger partial charge in [-0.1, -0.05) is 103 Å². The normalized spacial score (nSPS) is 23.2. The molecule has 1 saturated carbocycles. The maximum absolute atomic E-state index is 13.8. The number of carbonyl (C=O) groups excluding carboxylic acids is 1. The maximum atomic E-state index is 13.8. The van der Waals surface area contributed by atoms with Gasteiger partial charge in [-0.2, -0.15) is 0 Å². The number of ether oxygens (including phenoxy) is 4. The van der Waals surface area contributed by atoms with E-state index in [1.807, 2.05) is 72.8 Å². The molecule has 1 fully saturated rings. The fourth-order valence-corrected chi connectivity index (χ4v) is 9.46. The third kappa shape index (κ3) is 10.00. The van der Waals surface area contributed by atoms with E-state index >= 15 is 0 Å². The topological polar surface area (TPSA) is 119 Å². The van der Waals surface area contributed by atoms with Gasteiger partial charge in [0.05, 0.1) is 24.1 Å². The number of fused-ring (bicyclic) bond motifs is 2. The van der Waals surface area contributed by atoms with Gasteiger partial charge in [-0.3, -0.25) is 0 Å². The minimum atomic E-state index is -1.40. The highest BCUT2D eigenvalue weighted by molar-refractivity contribution is 6.18. The number of aliphatic hydroxyl groups is 2. The van der Waals surface area contributed by atoms with Crippen LogP contribution in [-0.2, 0) is 20.9 Å². The van der Waals surface area contributed by atoms with E-state index in [0.717, 1.165) is 53.5 Å². The molecule has 10 nitrogen and oxygen atoms in total. The lowest BCUT2D eigenvalue weighted by Crippen LogP contribution is -2.69. The Kier molecular flexibility index (Phi) is 15.2. The summed E-state index contributed by atoms with van der Waals surface area (Å²) < 4.78 is 26.4. The molecule has 61 heavy (non-hydrogen) atoms. The van der Waals surface area contributed by atoms with Crippen LogP contribution >= 0.6 is 11.6 Å². The van der Waals surface area contributed by atoms with Crippen molar-refractivity contribution >= 4 is 23.4 Å². The number of carbonyl (C=O) groups is 1. The molecule has 2 aliphatic carbocycles. The molecule has 11 heteroatoms. The summed E-state index contributed by atoms with van der Waals surface area (Å²) in [6.07, 6.45) is 8.34. The lowest BCUT2D eigenvalue weighted by Gasteiger charge is -2.59. The van der Waals surface area contributed by atoms with Crippen molar-refractivity contribution in [3.8, 4) is 28.4 Å². The van der Waals surface area contributed by atoms with Gasteiger partial charge in [0.25, 0.3) is 0 Å². The van der Waals surface area contributed by atoms with Crippen LogP contribution in [0.25, 0.3) is 11.1 Å². The third-order valence-electron chi connectivity index (χ3n) is 12.1. The van der Waals surface area contributed by atoms with Crippen molar-refractivity contribution in [3.63, 3.8) is 0 Å². The van der Waals surface area contributed by atoms with E-state index in [4.69, 9.17) is 40.5 Å². The van der Waals surface area contributed by atoms with Gasteiger partial charge in [0, 0.05) is 38.2 Å². The number of aliphatic hydroxyl groups excluding tert-OH is 2. The number of likely N-dealkylation sites (N-methyl/N-ethyl adjacent to an activating group) is 1. The van der Waals surface area contributed by atoms with Crippen molar-refractivity contribution in [2.45, 2.75) is 69.3 Å². The molecule has 7 rings (SSSR count). The SMILES string of the molecule is C=CCOC12Oc3ccc(Oc4ccc(-c5ccccc5)cc4)cc3C3C(CCCCO)C(CCCCO)C=C(C(=NOCc4ccccc4)CC1N(C)C(=O)OCCCl)C32. The van der Waals surface area contributed by atoms with E-state index < -0.39 is 23.8 Å². The molecule has 1 amide bonds. The third-order valence-corrected chi connectivity index (χ3v) is 12.3. The first-order valence-electron chi connectivity index (χ1n) is 21.4. The summed E-state index contributed by atoms with van der Waals surface area (Å²) in [5, 5.41) is 24.7. The summed E-state index contributed by atoms with van der Waals surface area (Å²) in [5.74, 6) is 0.225. The molecule has 4 aromatic rings. The zero-order valence-electron chi connectivity index (χ0n) is 34.9. The molecule has 322 valence electrons. The number of allylic oxidation sites excluding steroid dienone is 1. The number of rotatable bonds is 20.